The average molecular weight is 291 g/mol. The van der Waals surface area contributed by atoms with Crippen LogP contribution < -0.4 is 11.3 Å². The molecule has 3 N–H and O–H groups in total. The summed E-state index contributed by atoms with van der Waals surface area (Å²) in [7, 11) is 0. The molecule has 0 aliphatic carbocycles. The van der Waals surface area contributed by atoms with Gasteiger partial charge in [0.15, 0.2) is 0 Å². The van der Waals surface area contributed by atoms with E-state index in [4.69, 9.17) is 33.8 Å². The maximum Gasteiger partial charge on any atom is 0.0805 e. The maximum absolute atomic E-state index is 6.23. The lowest BCUT2D eigenvalue weighted by Gasteiger charge is -2.30. The van der Waals surface area contributed by atoms with Gasteiger partial charge in [0.2, 0.25) is 0 Å². The number of benzene rings is 1. The van der Waals surface area contributed by atoms with Crippen molar-refractivity contribution in [2.24, 2.45) is 11.8 Å². The lowest BCUT2D eigenvalue weighted by atomic mass is 9.94. The molecule has 5 heteroatoms. The van der Waals surface area contributed by atoms with E-state index < -0.39 is 0 Å². The van der Waals surface area contributed by atoms with Crippen molar-refractivity contribution in [3.05, 3.63) is 33.8 Å². The van der Waals surface area contributed by atoms with Crippen LogP contribution in [0.2, 0.25) is 10.0 Å². The molecular formula is C13H20Cl2N2O. The summed E-state index contributed by atoms with van der Waals surface area (Å²) in [6.45, 7) is 6.76. The van der Waals surface area contributed by atoms with Crippen molar-refractivity contribution in [1.29, 1.82) is 0 Å². The first kappa shape index (κ1) is 15.7. The van der Waals surface area contributed by atoms with Gasteiger partial charge in [-0.05, 0) is 24.5 Å². The zero-order chi connectivity index (χ0) is 13.7. The van der Waals surface area contributed by atoms with E-state index in [2.05, 4.69) is 19.3 Å². The second-order valence-corrected chi connectivity index (χ2v) is 5.24. The summed E-state index contributed by atoms with van der Waals surface area (Å²) in [6, 6.07) is 5.34. The number of rotatable bonds is 6. The third-order valence-electron chi connectivity index (χ3n) is 2.84. The molecule has 0 aliphatic rings. The van der Waals surface area contributed by atoms with Crippen molar-refractivity contribution in [2.75, 3.05) is 6.61 Å². The van der Waals surface area contributed by atoms with Crippen molar-refractivity contribution >= 4 is 23.2 Å². The molecule has 0 saturated carbocycles. The lowest BCUT2D eigenvalue weighted by molar-refractivity contribution is 0.00280. The second-order valence-electron chi connectivity index (χ2n) is 4.45. The van der Waals surface area contributed by atoms with Crippen LogP contribution in [-0.2, 0) is 4.74 Å². The molecule has 0 bridgehead atoms. The number of nitrogens with two attached hydrogens (primary N) is 1. The van der Waals surface area contributed by atoms with Gasteiger partial charge in [0.05, 0.1) is 22.2 Å². The van der Waals surface area contributed by atoms with Crippen LogP contribution in [0, 0.1) is 5.92 Å². The second kappa shape index (κ2) is 7.31. The van der Waals surface area contributed by atoms with E-state index >= 15 is 0 Å². The number of halogens is 2. The maximum atomic E-state index is 6.23. The summed E-state index contributed by atoms with van der Waals surface area (Å²) < 4.78 is 5.76. The van der Waals surface area contributed by atoms with Gasteiger partial charge in [-0.15, -0.1) is 0 Å². The molecule has 0 radical (unpaired) electrons. The summed E-state index contributed by atoms with van der Waals surface area (Å²) in [5, 5.41) is 1.04. The quantitative estimate of drug-likeness (QED) is 0.622. The molecule has 102 valence electrons. The Labute approximate surface area is 119 Å². The molecule has 0 saturated heterocycles. The highest BCUT2D eigenvalue weighted by molar-refractivity contribution is 6.42. The van der Waals surface area contributed by atoms with Gasteiger partial charge in [-0.2, -0.15) is 0 Å². The van der Waals surface area contributed by atoms with Gasteiger partial charge >= 0.3 is 0 Å². The molecule has 1 aromatic rings. The Hall–Kier alpha value is -0.320. The van der Waals surface area contributed by atoms with Crippen LogP contribution in [0.4, 0.5) is 0 Å². The fourth-order valence-corrected chi connectivity index (χ4v) is 2.41. The number of hydrazine groups is 1. The van der Waals surface area contributed by atoms with Gasteiger partial charge in [0.25, 0.3) is 0 Å². The third-order valence-corrected chi connectivity index (χ3v) is 3.67. The monoisotopic (exact) mass is 290 g/mol. The van der Waals surface area contributed by atoms with Crippen molar-refractivity contribution in [3.8, 4) is 0 Å². The van der Waals surface area contributed by atoms with Crippen LogP contribution in [0.3, 0.4) is 0 Å². The molecule has 0 heterocycles. The fraction of sp³-hybridized carbons (Fsp3) is 0.538. The van der Waals surface area contributed by atoms with Crippen molar-refractivity contribution < 1.29 is 4.74 Å². The molecule has 3 nitrogen and oxygen atoms in total. The van der Waals surface area contributed by atoms with Crippen LogP contribution >= 0.6 is 23.2 Å². The van der Waals surface area contributed by atoms with Gasteiger partial charge in [-0.3, -0.25) is 11.3 Å². The van der Waals surface area contributed by atoms with E-state index in [1.54, 1.807) is 6.07 Å². The zero-order valence-electron chi connectivity index (χ0n) is 10.9. The molecule has 0 amide bonds. The normalized spacial score (nSPS) is 14.8. The third kappa shape index (κ3) is 3.59. The minimum absolute atomic E-state index is 0.0593. The molecule has 0 aliphatic heterocycles. The Morgan fingerprint density at radius 1 is 1.33 bits per heavy atom. The van der Waals surface area contributed by atoms with E-state index in [-0.39, 0.29) is 12.1 Å². The van der Waals surface area contributed by atoms with Crippen LogP contribution in [0.5, 0.6) is 0 Å². The van der Waals surface area contributed by atoms with E-state index in [1.165, 1.54) is 0 Å². The average Bonchev–Trinajstić information content (AvgIpc) is 2.33. The predicted octanol–water partition coefficient (Wildman–Crippen LogP) is 3.56. The van der Waals surface area contributed by atoms with Crippen LogP contribution in [0.15, 0.2) is 18.2 Å². The molecule has 0 fully saturated rings. The molecular weight excluding hydrogens is 271 g/mol. The summed E-state index contributed by atoms with van der Waals surface area (Å²) in [5.41, 5.74) is 3.64. The van der Waals surface area contributed by atoms with Crippen LogP contribution in [0.1, 0.15) is 32.4 Å². The van der Waals surface area contributed by atoms with E-state index in [9.17, 15) is 0 Å². The lowest BCUT2D eigenvalue weighted by Crippen LogP contribution is -2.41. The summed E-state index contributed by atoms with van der Waals surface area (Å²) in [4.78, 5) is 0. The molecule has 2 atom stereocenters. The highest BCUT2D eigenvalue weighted by Gasteiger charge is 2.27. The van der Waals surface area contributed by atoms with Crippen LogP contribution in [0.25, 0.3) is 0 Å². The van der Waals surface area contributed by atoms with Crippen molar-refractivity contribution in [2.45, 2.75) is 32.9 Å². The predicted molar refractivity (Wildman–Crippen MR) is 76.8 cm³/mol. The summed E-state index contributed by atoms with van der Waals surface area (Å²) in [6.07, 6.45) is -0.0593. The number of ether oxygens (including phenoxy) is 1. The van der Waals surface area contributed by atoms with Crippen molar-refractivity contribution in [1.82, 2.24) is 5.43 Å². The summed E-state index contributed by atoms with van der Waals surface area (Å²) >= 11 is 12.3. The molecule has 18 heavy (non-hydrogen) atoms. The minimum Gasteiger partial charge on any atom is -0.376 e. The van der Waals surface area contributed by atoms with Crippen molar-refractivity contribution in [3.63, 3.8) is 0 Å². The minimum atomic E-state index is -0.184. The molecule has 2 unspecified atom stereocenters. The van der Waals surface area contributed by atoms with Gasteiger partial charge in [0, 0.05) is 6.61 Å². The number of hydrogen-bond donors (Lipinski definition) is 2. The van der Waals surface area contributed by atoms with Gasteiger partial charge in [-0.25, -0.2) is 0 Å². The highest BCUT2D eigenvalue weighted by Crippen LogP contribution is 2.33. The zero-order valence-corrected chi connectivity index (χ0v) is 12.4. The van der Waals surface area contributed by atoms with Gasteiger partial charge in [-0.1, -0.05) is 49.2 Å². The van der Waals surface area contributed by atoms with Gasteiger partial charge < -0.3 is 4.74 Å². The van der Waals surface area contributed by atoms with Gasteiger partial charge in [0.1, 0.15) is 0 Å². The first-order valence-corrected chi connectivity index (χ1v) is 6.80. The Bertz CT molecular complexity index is 385. The Kier molecular flexibility index (Phi) is 6.39. The SMILES string of the molecule is CCOC(C(C)C)C(NN)c1cccc(Cl)c1Cl. The smallest absolute Gasteiger partial charge is 0.0805 e. The first-order chi connectivity index (χ1) is 8.52. The van der Waals surface area contributed by atoms with E-state index in [0.717, 1.165) is 5.56 Å². The fourth-order valence-electron chi connectivity index (χ4n) is 1.99. The Morgan fingerprint density at radius 2 is 2.00 bits per heavy atom. The molecule has 0 aromatic heterocycles. The number of hydrogen-bond acceptors (Lipinski definition) is 3. The van der Waals surface area contributed by atoms with E-state index in [1.807, 2.05) is 19.1 Å². The van der Waals surface area contributed by atoms with E-state index in [0.29, 0.717) is 22.6 Å². The molecule has 0 spiro atoms. The first-order valence-electron chi connectivity index (χ1n) is 6.04. The topological polar surface area (TPSA) is 47.3 Å². The molecule has 1 rings (SSSR count). The summed E-state index contributed by atoms with van der Waals surface area (Å²) in [5.74, 6) is 5.97. The standard InChI is InChI=1S/C13H20Cl2N2O/c1-4-18-13(8(2)3)12(17-16)9-6-5-7-10(14)11(9)15/h5-8,12-13,17H,4,16H2,1-3H3. The number of nitrogens with one attached hydrogen (secondary N) is 1. The largest absolute Gasteiger partial charge is 0.376 e. The van der Waals surface area contributed by atoms with Crippen LogP contribution in [-0.4, -0.2) is 12.7 Å². The Balaban J connectivity index is 3.10. The molecule has 1 aromatic carbocycles. The highest BCUT2D eigenvalue weighted by atomic mass is 35.5. The Morgan fingerprint density at radius 3 is 2.50 bits per heavy atom.